The minimum Gasteiger partial charge on any atom is -0.491 e. The van der Waals surface area contributed by atoms with Gasteiger partial charge in [-0.05, 0) is 58.4 Å². The molecule has 1 N–H and O–H groups in total. The molecule has 22 heavy (non-hydrogen) atoms. The third-order valence-corrected chi connectivity index (χ3v) is 4.27. The van der Waals surface area contributed by atoms with E-state index in [4.69, 9.17) is 9.47 Å². The van der Waals surface area contributed by atoms with Crippen molar-refractivity contribution in [3.05, 3.63) is 24.3 Å². The molecule has 0 aliphatic heterocycles. The van der Waals surface area contributed by atoms with Gasteiger partial charge in [0.25, 0.3) is 10.0 Å². The van der Waals surface area contributed by atoms with Crippen LogP contribution in [0.25, 0.3) is 0 Å². The Morgan fingerprint density at radius 3 is 2.23 bits per heavy atom. The smallest absolute Gasteiger partial charge is 0.421 e. The van der Waals surface area contributed by atoms with E-state index in [9.17, 15) is 13.2 Å². The van der Waals surface area contributed by atoms with Crippen LogP contribution in [0.5, 0.6) is 5.75 Å². The molecular weight excluding hydrogens is 306 g/mol. The molecule has 1 rings (SSSR count). The fourth-order valence-corrected chi connectivity index (χ4v) is 2.36. The fourth-order valence-electron chi connectivity index (χ4n) is 1.48. The van der Waals surface area contributed by atoms with Gasteiger partial charge in [-0.2, -0.15) is 0 Å². The first-order valence-electron chi connectivity index (χ1n) is 7.08. The van der Waals surface area contributed by atoms with Crippen LogP contribution in [-0.2, 0) is 14.8 Å². The van der Waals surface area contributed by atoms with E-state index in [2.05, 4.69) is 0 Å². The number of rotatable bonds is 6. The average molecular weight is 329 g/mol. The highest BCUT2D eigenvalue weighted by Crippen LogP contribution is 2.18. The van der Waals surface area contributed by atoms with Crippen molar-refractivity contribution in [2.75, 3.05) is 0 Å². The summed E-state index contributed by atoms with van der Waals surface area (Å²) in [5, 5.41) is 0. The van der Waals surface area contributed by atoms with Crippen molar-refractivity contribution in [2.45, 2.75) is 57.6 Å². The van der Waals surface area contributed by atoms with E-state index in [0.29, 0.717) is 12.2 Å². The number of hydrogen-bond donors (Lipinski definition) is 1. The topological polar surface area (TPSA) is 81.7 Å². The van der Waals surface area contributed by atoms with Crippen LogP contribution in [0.2, 0.25) is 0 Å². The van der Waals surface area contributed by atoms with Crippen LogP contribution in [0.3, 0.4) is 0 Å². The first-order chi connectivity index (χ1) is 10.1. The predicted molar refractivity (Wildman–Crippen MR) is 83.4 cm³/mol. The quantitative estimate of drug-likeness (QED) is 0.867. The Labute approximate surface area is 131 Å². The normalized spacial score (nSPS) is 12.1. The molecule has 1 aromatic carbocycles. The number of sulfonamides is 1. The van der Waals surface area contributed by atoms with Crippen LogP contribution >= 0.6 is 0 Å². The summed E-state index contributed by atoms with van der Waals surface area (Å²) in [6.45, 7) is 9.00. The summed E-state index contributed by atoms with van der Waals surface area (Å²) in [6, 6.07) is 5.82. The standard InChI is InChI=1S/C15H23NO5S/c1-6-15(4,5)21-14(17)16-22(18,19)13-9-7-12(8-10-13)20-11(2)3/h7-11H,6H2,1-5H3,(H,16,17). The predicted octanol–water partition coefficient (Wildman–Crippen LogP) is 3.08. The van der Waals surface area contributed by atoms with Crippen LogP contribution in [0, 0.1) is 0 Å². The lowest BCUT2D eigenvalue weighted by atomic mass is 10.1. The molecule has 0 bridgehead atoms. The average Bonchev–Trinajstić information content (AvgIpc) is 2.37. The van der Waals surface area contributed by atoms with Crippen molar-refractivity contribution < 1.29 is 22.7 Å². The van der Waals surface area contributed by atoms with E-state index < -0.39 is 21.7 Å². The molecule has 1 aromatic rings. The molecule has 0 unspecified atom stereocenters. The molecule has 0 aliphatic carbocycles. The van der Waals surface area contributed by atoms with Crippen molar-refractivity contribution >= 4 is 16.1 Å². The van der Waals surface area contributed by atoms with E-state index in [1.165, 1.54) is 24.3 Å². The van der Waals surface area contributed by atoms with E-state index >= 15 is 0 Å². The van der Waals surface area contributed by atoms with Crippen LogP contribution < -0.4 is 9.46 Å². The molecule has 7 heteroatoms. The highest BCUT2D eigenvalue weighted by Gasteiger charge is 2.24. The minimum atomic E-state index is -3.97. The van der Waals surface area contributed by atoms with Gasteiger partial charge in [-0.15, -0.1) is 0 Å². The Balaban J connectivity index is 2.80. The Hall–Kier alpha value is -1.76. The van der Waals surface area contributed by atoms with Crippen molar-refractivity contribution in [3.63, 3.8) is 0 Å². The number of ether oxygens (including phenoxy) is 2. The van der Waals surface area contributed by atoms with Gasteiger partial charge in [0.15, 0.2) is 0 Å². The number of carbonyl (C=O) groups is 1. The number of carbonyl (C=O) groups excluding carboxylic acids is 1. The molecule has 0 spiro atoms. The van der Waals surface area contributed by atoms with Crippen LogP contribution in [-0.4, -0.2) is 26.2 Å². The minimum absolute atomic E-state index is 0.00756. The number of benzene rings is 1. The molecule has 6 nitrogen and oxygen atoms in total. The monoisotopic (exact) mass is 329 g/mol. The highest BCUT2D eigenvalue weighted by molar-refractivity contribution is 7.90. The van der Waals surface area contributed by atoms with Crippen molar-refractivity contribution in [1.82, 2.24) is 4.72 Å². The summed E-state index contributed by atoms with van der Waals surface area (Å²) < 4.78 is 36.6. The van der Waals surface area contributed by atoms with Gasteiger partial charge in [0.2, 0.25) is 0 Å². The van der Waals surface area contributed by atoms with Gasteiger partial charge >= 0.3 is 6.09 Å². The lowest BCUT2D eigenvalue weighted by molar-refractivity contribution is 0.0402. The van der Waals surface area contributed by atoms with E-state index in [-0.39, 0.29) is 11.0 Å². The summed E-state index contributed by atoms with van der Waals surface area (Å²) in [5.74, 6) is 0.559. The van der Waals surface area contributed by atoms with Gasteiger partial charge in [0, 0.05) is 0 Å². The molecular formula is C15H23NO5S. The number of nitrogens with one attached hydrogen (secondary N) is 1. The van der Waals surface area contributed by atoms with Gasteiger partial charge in [-0.1, -0.05) is 6.92 Å². The summed E-state index contributed by atoms with van der Waals surface area (Å²) in [6.07, 6.45) is -0.428. The summed E-state index contributed by atoms with van der Waals surface area (Å²) in [5.41, 5.74) is -0.728. The van der Waals surface area contributed by atoms with E-state index in [1.807, 2.05) is 25.5 Å². The summed E-state index contributed by atoms with van der Waals surface area (Å²) in [4.78, 5) is 11.6. The van der Waals surface area contributed by atoms with E-state index in [1.54, 1.807) is 13.8 Å². The molecule has 0 aromatic heterocycles. The van der Waals surface area contributed by atoms with Crippen LogP contribution in [0.15, 0.2) is 29.2 Å². The third kappa shape index (κ3) is 5.55. The molecule has 0 saturated heterocycles. The highest BCUT2D eigenvalue weighted by atomic mass is 32.2. The van der Waals surface area contributed by atoms with Crippen molar-refractivity contribution in [1.29, 1.82) is 0 Å². The maximum absolute atomic E-state index is 12.1. The van der Waals surface area contributed by atoms with Gasteiger partial charge in [0.1, 0.15) is 11.4 Å². The van der Waals surface area contributed by atoms with E-state index in [0.717, 1.165) is 0 Å². The molecule has 0 heterocycles. The lowest BCUT2D eigenvalue weighted by Gasteiger charge is -2.23. The zero-order chi connectivity index (χ0) is 17.0. The third-order valence-electron chi connectivity index (χ3n) is 2.94. The van der Waals surface area contributed by atoms with Crippen molar-refractivity contribution in [3.8, 4) is 5.75 Å². The lowest BCUT2D eigenvalue weighted by Crippen LogP contribution is -2.37. The second-order valence-electron chi connectivity index (χ2n) is 5.75. The SMILES string of the molecule is CCC(C)(C)OC(=O)NS(=O)(=O)c1ccc(OC(C)C)cc1. The summed E-state index contributed by atoms with van der Waals surface area (Å²) >= 11 is 0. The first-order valence-corrected chi connectivity index (χ1v) is 8.56. The van der Waals surface area contributed by atoms with Crippen molar-refractivity contribution in [2.24, 2.45) is 0 Å². The van der Waals surface area contributed by atoms with Gasteiger partial charge in [0.05, 0.1) is 11.0 Å². The molecule has 1 amide bonds. The molecule has 0 saturated carbocycles. The van der Waals surface area contributed by atoms with Gasteiger partial charge in [-0.3, -0.25) is 0 Å². The summed E-state index contributed by atoms with van der Waals surface area (Å²) in [7, 11) is -3.97. The molecule has 124 valence electrons. The molecule has 0 aliphatic rings. The number of hydrogen-bond acceptors (Lipinski definition) is 5. The van der Waals surface area contributed by atoms with Crippen LogP contribution in [0.1, 0.15) is 41.0 Å². The zero-order valence-electron chi connectivity index (χ0n) is 13.5. The fraction of sp³-hybridized carbons (Fsp3) is 0.533. The maximum atomic E-state index is 12.1. The Kier molecular flexibility index (Phi) is 5.82. The zero-order valence-corrected chi connectivity index (χ0v) is 14.4. The van der Waals surface area contributed by atoms with Gasteiger partial charge in [-0.25, -0.2) is 17.9 Å². The second kappa shape index (κ2) is 7.00. The first kappa shape index (κ1) is 18.3. The number of amides is 1. The Morgan fingerprint density at radius 1 is 1.23 bits per heavy atom. The van der Waals surface area contributed by atoms with Gasteiger partial charge < -0.3 is 9.47 Å². The Bertz CT molecular complexity index is 605. The molecule has 0 radical (unpaired) electrons. The largest absolute Gasteiger partial charge is 0.491 e. The molecule has 0 fully saturated rings. The molecule has 0 atom stereocenters. The second-order valence-corrected chi connectivity index (χ2v) is 7.43. The maximum Gasteiger partial charge on any atom is 0.421 e. The Morgan fingerprint density at radius 2 is 1.77 bits per heavy atom. The van der Waals surface area contributed by atoms with Crippen LogP contribution in [0.4, 0.5) is 4.79 Å².